The summed E-state index contributed by atoms with van der Waals surface area (Å²) in [4.78, 5) is 47.0. The molecule has 1 atom stereocenters. The van der Waals surface area contributed by atoms with Gasteiger partial charge in [0.15, 0.2) is 0 Å². The van der Waals surface area contributed by atoms with Crippen molar-refractivity contribution in [2.45, 2.75) is 25.8 Å². The lowest BCUT2D eigenvalue weighted by molar-refractivity contribution is -0.141. The van der Waals surface area contributed by atoms with Crippen molar-refractivity contribution in [3.63, 3.8) is 0 Å². The molecule has 7 N–H and O–H groups in total. The van der Waals surface area contributed by atoms with Crippen LogP contribution in [0.1, 0.15) is 41.3 Å². The van der Waals surface area contributed by atoms with Crippen molar-refractivity contribution in [2.75, 3.05) is 0 Å². The Labute approximate surface area is 189 Å². The number of nitrogen functional groups attached to an aromatic ring is 1. The van der Waals surface area contributed by atoms with E-state index in [1.54, 1.807) is 30.3 Å². The second kappa shape index (κ2) is 11.2. The van der Waals surface area contributed by atoms with Crippen LogP contribution in [0.2, 0.25) is 0 Å². The van der Waals surface area contributed by atoms with E-state index >= 15 is 0 Å². The van der Waals surface area contributed by atoms with Crippen molar-refractivity contribution < 1.29 is 29.0 Å². The molecule has 0 spiro atoms. The molecule has 0 aliphatic rings. The first-order valence-corrected chi connectivity index (χ1v) is 9.83. The van der Waals surface area contributed by atoms with Gasteiger partial charge in [-0.25, -0.2) is 9.59 Å². The highest BCUT2D eigenvalue weighted by atomic mass is 16.5. The Kier molecular flexibility index (Phi) is 8.44. The van der Waals surface area contributed by atoms with Crippen LogP contribution in [-0.4, -0.2) is 40.7 Å². The summed E-state index contributed by atoms with van der Waals surface area (Å²) >= 11 is 0. The summed E-state index contributed by atoms with van der Waals surface area (Å²) in [6, 6.07) is 11.2. The molecule has 2 amide bonds. The van der Waals surface area contributed by atoms with Gasteiger partial charge in [0.25, 0.3) is 0 Å². The van der Waals surface area contributed by atoms with Crippen molar-refractivity contribution in [1.82, 2.24) is 5.32 Å². The minimum atomic E-state index is -1.28. The van der Waals surface area contributed by atoms with Gasteiger partial charge in [0, 0.05) is 17.6 Å². The Bertz CT molecular complexity index is 1110. The number of carbonyl (C=O) groups is 4. The van der Waals surface area contributed by atoms with Gasteiger partial charge in [-0.3, -0.25) is 15.0 Å². The molecule has 172 valence electrons. The molecule has 10 heteroatoms. The number of amides is 2. The van der Waals surface area contributed by atoms with E-state index in [2.05, 4.69) is 5.32 Å². The average molecular weight is 452 g/mol. The molecule has 0 radical (unpaired) electrons. The SMILES string of the molecule is C/C(=C\c1cccc(C(=O)Oc2ccc(C(=N)N)cc2)c1)C(=O)N[C@@H](CCC(N)=O)C(=O)O. The first-order chi connectivity index (χ1) is 15.6. The molecule has 0 fully saturated rings. The third kappa shape index (κ3) is 7.62. The number of carboxylic acid groups (broad SMARTS) is 1. The van der Waals surface area contributed by atoms with Crippen LogP contribution in [0.3, 0.4) is 0 Å². The summed E-state index contributed by atoms with van der Waals surface area (Å²) < 4.78 is 5.31. The molecule has 2 aromatic carbocycles. The second-order valence-corrected chi connectivity index (χ2v) is 7.15. The first-order valence-electron chi connectivity index (χ1n) is 9.83. The molecule has 10 nitrogen and oxygen atoms in total. The summed E-state index contributed by atoms with van der Waals surface area (Å²) in [6.45, 7) is 1.49. The smallest absolute Gasteiger partial charge is 0.343 e. The van der Waals surface area contributed by atoms with Crippen LogP contribution in [-0.2, 0) is 14.4 Å². The fraction of sp³-hybridized carbons (Fsp3) is 0.174. The quantitative estimate of drug-likeness (QED) is 0.119. The van der Waals surface area contributed by atoms with Crippen LogP contribution in [0.15, 0.2) is 54.1 Å². The summed E-state index contributed by atoms with van der Waals surface area (Å²) in [7, 11) is 0. The number of esters is 1. The molecule has 2 rings (SSSR count). The molecule has 33 heavy (non-hydrogen) atoms. The van der Waals surface area contributed by atoms with Crippen LogP contribution in [0, 0.1) is 5.41 Å². The van der Waals surface area contributed by atoms with E-state index in [0.29, 0.717) is 11.1 Å². The van der Waals surface area contributed by atoms with Gasteiger partial charge in [-0.2, -0.15) is 0 Å². The first kappa shape index (κ1) is 24.8. The number of aliphatic carboxylic acids is 1. The molecule has 0 aromatic heterocycles. The van der Waals surface area contributed by atoms with Gasteiger partial charge in [0.2, 0.25) is 11.8 Å². The number of nitrogens with two attached hydrogens (primary N) is 2. The molecule has 0 aliphatic heterocycles. The van der Waals surface area contributed by atoms with Gasteiger partial charge in [-0.1, -0.05) is 12.1 Å². The van der Waals surface area contributed by atoms with E-state index in [1.165, 1.54) is 31.2 Å². The lowest BCUT2D eigenvalue weighted by Crippen LogP contribution is -2.41. The summed E-state index contributed by atoms with van der Waals surface area (Å²) in [5.41, 5.74) is 11.9. The number of nitrogens with one attached hydrogen (secondary N) is 2. The molecule has 0 unspecified atom stereocenters. The summed E-state index contributed by atoms with van der Waals surface area (Å²) in [5.74, 6) is -3.03. The lowest BCUT2D eigenvalue weighted by atomic mass is 10.1. The molecule has 0 heterocycles. The number of carbonyl (C=O) groups excluding carboxylic acids is 3. The lowest BCUT2D eigenvalue weighted by Gasteiger charge is -2.14. The predicted octanol–water partition coefficient (Wildman–Crippen LogP) is 1.43. The Balaban J connectivity index is 2.09. The van der Waals surface area contributed by atoms with Crippen molar-refractivity contribution in [2.24, 2.45) is 11.5 Å². The number of ether oxygens (including phenoxy) is 1. The normalized spacial score (nSPS) is 11.8. The fourth-order valence-corrected chi connectivity index (χ4v) is 2.76. The zero-order chi connectivity index (χ0) is 24.5. The van der Waals surface area contributed by atoms with Gasteiger partial charge >= 0.3 is 11.9 Å². The summed E-state index contributed by atoms with van der Waals surface area (Å²) in [5, 5.41) is 18.9. The van der Waals surface area contributed by atoms with Crippen molar-refractivity contribution in [3.05, 3.63) is 70.8 Å². The minimum absolute atomic E-state index is 0.102. The molecule has 2 aromatic rings. The number of amidine groups is 1. The Morgan fingerprint density at radius 1 is 1.09 bits per heavy atom. The number of rotatable bonds is 10. The van der Waals surface area contributed by atoms with Crippen LogP contribution in [0.5, 0.6) is 5.75 Å². The van der Waals surface area contributed by atoms with E-state index in [4.69, 9.17) is 21.6 Å². The van der Waals surface area contributed by atoms with Crippen LogP contribution in [0.25, 0.3) is 6.08 Å². The zero-order valence-corrected chi connectivity index (χ0v) is 17.8. The maximum absolute atomic E-state index is 12.5. The van der Waals surface area contributed by atoms with E-state index in [9.17, 15) is 24.3 Å². The molecule has 0 saturated carbocycles. The Morgan fingerprint density at radius 2 is 1.76 bits per heavy atom. The standard InChI is InChI=1S/C23H24N4O6/c1-13(21(29)27-18(22(30)31)9-10-19(24)28)11-14-3-2-4-16(12-14)23(32)33-17-7-5-15(6-8-17)20(25)26/h2-8,11-12,18H,9-10H2,1H3,(H2,24,28)(H3,25,26)(H,27,29)(H,30,31)/b13-11+/t18-/m0/s1. The van der Waals surface area contributed by atoms with Crippen molar-refractivity contribution in [3.8, 4) is 5.75 Å². The van der Waals surface area contributed by atoms with Crippen molar-refractivity contribution >= 4 is 35.7 Å². The maximum atomic E-state index is 12.5. The Morgan fingerprint density at radius 3 is 2.33 bits per heavy atom. The minimum Gasteiger partial charge on any atom is -0.480 e. The topological polar surface area (TPSA) is 186 Å². The third-order valence-corrected chi connectivity index (χ3v) is 4.52. The van der Waals surface area contributed by atoms with E-state index < -0.39 is 29.8 Å². The van der Waals surface area contributed by atoms with Gasteiger partial charge in [-0.05, 0) is 61.4 Å². The largest absolute Gasteiger partial charge is 0.480 e. The monoisotopic (exact) mass is 452 g/mol. The van der Waals surface area contributed by atoms with Gasteiger partial charge < -0.3 is 26.6 Å². The predicted molar refractivity (Wildman–Crippen MR) is 121 cm³/mol. The molecule has 0 saturated heterocycles. The van der Waals surface area contributed by atoms with E-state index in [-0.39, 0.29) is 35.6 Å². The Hall–Kier alpha value is -4.47. The van der Waals surface area contributed by atoms with Crippen LogP contribution < -0.4 is 21.5 Å². The van der Waals surface area contributed by atoms with E-state index in [0.717, 1.165) is 0 Å². The number of hydrogen-bond acceptors (Lipinski definition) is 6. The van der Waals surface area contributed by atoms with Crippen molar-refractivity contribution in [1.29, 1.82) is 5.41 Å². The molecule has 0 aliphatic carbocycles. The van der Waals surface area contributed by atoms with Crippen LogP contribution >= 0.6 is 0 Å². The summed E-state index contributed by atoms with van der Waals surface area (Å²) in [6.07, 6.45) is 1.18. The highest BCUT2D eigenvalue weighted by Gasteiger charge is 2.21. The van der Waals surface area contributed by atoms with Gasteiger partial charge in [-0.15, -0.1) is 0 Å². The third-order valence-electron chi connectivity index (χ3n) is 4.52. The number of benzene rings is 2. The van der Waals surface area contributed by atoms with Gasteiger partial charge in [0.1, 0.15) is 17.6 Å². The van der Waals surface area contributed by atoms with Gasteiger partial charge in [0.05, 0.1) is 5.56 Å². The average Bonchev–Trinajstić information content (AvgIpc) is 2.76. The molecular formula is C23H24N4O6. The molecular weight excluding hydrogens is 428 g/mol. The maximum Gasteiger partial charge on any atom is 0.343 e. The molecule has 0 bridgehead atoms. The number of primary amides is 1. The highest BCUT2D eigenvalue weighted by Crippen LogP contribution is 2.16. The second-order valence-electron chi connectivity index (χ2n) is 7.15. The van der Waals surface area contributed by atoms with E-state index in [1.807, 2.05) is 0 Å². The highest BCUT2D eigenvalue weighted by molar-refractivity contribution is 6.00. The fourth-order valence-electron chi connectivity index (χ4n) is 2.76. The number of carboxylic acids is 1. The van der Waals surface area contributed by atoms with Crippen LogP contribution in [0.4, 0.5) is 0 Å². The zero-order valence-electron chi connectivity index (χ0n) is 17.8. The number of hydrogen-bond donors (Lipinski definition) is 5.